The molecule has 1 aliphatic carbocycles. The van der Waals surface area contributed by atoms with Crippen molar-refractivity contribution in [1.82, 2.24) is 15.0 Å². The number of halogens is 2. The summed E-state index contributed by atoms with van der Waals surface area (Å²) in [5, 5.41) is 2.86. The lowest BCUT2D eigenvalue weighted by Gasteiger charge is -2.28. The van der Waals surface area contributed by atoms with Crippen LogP contribution in [0.5, 0.6) is 0 Å². The average molecular weight is 323 g/mol. The lowest BCUT2D eigenvalue weighted by molar-refractivity contribution is -0.0457. The fourth-order valence-corrected chi connectivity index (χ4v) is 3.61. The Morgan fingerprint density at radius 1 is 1.23 bits per heavy atom. The Morgan fingerprint density at radius 2 is 1.95 bits per heavy atom. The second-order valence-electron chi connectivity index (χ2n) is 6.08. The third-order valence-electron chi connectivity index (χ3n) is 4.21. The minimum atomic E-state index is -2.47. The van der Waals surface area contributed by atoms with Gasteiger partial charge in [0, 0.05) is 23.9 Å². The first-order chi connectivity index (χ1) is 10.4. The molecule has 2 heterocycles. The molecule has 0 aliphatic heterocycles. The Balaban J connectivity index is 1.70. The molecule has 0 unspecified atom stereocenters. The van der Waals surface area contributed by atoms with E-state index in [1.807, 2.05) is 19.2 Å². The SMILES string of the molecule is Cc1csc(-c2cnc(CC3CCC(F)(F)CC3)c(C)n2)n1. The molecule has 2 aromatic rings. The highest BCUT2D eigenvalue weighted by Crippen LogP contribution is 2.37. The van der Waals surface area contributed by atoms with E-state index in [9.17, 15) is 8.78 Å². The van der Waals surface area contributed by atoms with Crippen LogP contribution in [0.3, 0.4) is 0 Å². The van der Waals surface area contributed by atoms with E-state index in [1.54, 1.807) is 17.5 Å². The minimum absolute atomic E-state index is 0.000614. The van der Waals surface area contributed by atoms with Gasteiger partial charge in [0.1, 0.15) is 10.7 Å². The second kappa shape index (κ2) is 5.99. The van der Waals surface area contributed by atoms with Gasteiger partial charge in [-0.1, -0.05) is 0 Å². The van der Waals surface area contributed by atoms with Crippen LogP contribution in [-0.4, -0.2) is 20.9 Å². The van der Waals surface area contributed by atoms with Crippen LogP contribution >= 0.6 is 11.3 Å². The summed E-state index contributed by atoms with van der Waals surface area (Å²) in [5.41, 5.74) is 3.57. The molecule has 22 heavy (non-hydrogen) atoms. The summed E-state index contributed by atoms with van der Waals surface area (Å²) in [4.78, 5) is 13.5. The molecule has 0 bridgehead atoms. The van der Waals surface area contributed by atoms with E-state index in [0.29, 0.717) is 18.8 Å². The summed E-state index contributed by atoms with van der Waals surface area (Å²) in [6, 6.07) is 0. The molecule has 3 nitrogen and oxygen atoms in total. The molecule has 0 atom stereocenters. The highest BCUT2D eigenvalue weighted by molar-refractivity contribution is 7.13. The Labute approximate surface area is 132 Å². The summed E-state index contributed by atoms with van der Waals surface area (Å²) in [7, 11) is 0. The topological polar surface area (TPSA) is 38.7 Å². The van der Waals surface area contributed by atoms with Crippen LogP contribution in [0.15, 0.2) is 11.6 Å². The first-order valence-electron chi connectivity index (χ1n) is 7.56. The lowest BCUT2D eigenvalue weighted by Crippen LogP contribution is -2.25. The van der Waals surface area contributed by atoms with Crippen LogP contribution in [0.4, 0.5) is 8.78 Å². The van der Waals surface area contributed by atoms with Gasteiger partial charge in [-0.05, 0) is 39.0 Å². The van der Waals surface area contributed by atoms with Gasteiger partial charge >= 0.3 is 0 Å². The molecule has 1 fully saturated rings. The molecule has 1 saturated carbocycles. The van der Waals surface area contributed by atoms with Crippen LogP contribution in [0, 0.1) is 19.8 Å². The summed E-state index contributed by atoms with van der Waals surface area (Å²) in [6.07, 6.45) is 3.63. The molecule has 1 aliphatic rings. The zero-order chi connectivity index (χ0) is 15.7. The van der Waals surface area contributed by atoms with E-state index >= 15 is 0 Å². The predicted octanol–water partition coefficient (Wildman–Crippen LogP) is 4.58. The number of rotatable bonds is 3. The third-order valence-corrected chi connectivity index (χ3v) is 5.19. The smallest absolute Gasteiger partial charge is 0.248 e. The normalized spacial score (nSPS) is 18.5. The monoisotopic (exact) mass is 323 g/mol. The number of hydrogen-bond acceptors (Lipinski definition) is 4. The third kappa shape index (κ3) is 3.48. The molecular formula is C16H19F2N3S. The van der Waals surface area contributed by atoms with Crippen molar-refractivity contribution in [3.05, 3.63) is 28.7 Å². The first kappa shape index (κ1) is 15.5. The fraction of sp³-hybridized carbons (Fsp3) is 0.562. The van der Waals surface area contributed by atoms with Crippen molar-refractivity contribution in [2.24, 2.45) is 5.92 Å². The molecule has 0 aromatic carbocycles. The van der Waals surface area contributed by atoms with E-state index in [-0.39, 0.29) is 12.8 Å². The highest BCUT2D eigenvalue weighted by atomic mass is 32.1. The number of aromatic nitrogens is 3. The number of nitrogens with zero attached hydrogens (tertiary/aromatic N) is 3. The second-order valence-corrected chi connectivity index (χ2v) is 6.94. The fourth-order valence-electron chi connectivity index (χ4n) is 2.86. The van der Waals surface area contributed by atoms with Crippen molar-refractivity contribution in [3.8, 4) is 10.7 Å². The standard InChI is InChI=1S/C16H19F2N3S/c1-10-9-22-15(20-10)14-8-19-13(11(2)21-14)7-12-3-5-16(17,18)6-4-12/h8-9,12H,3-7H2,1-2H3. The Hall–Kier alpha value is -1.43. The van der Waals surface area contributed by atoms with Crippen molar-refractivity contribution in [3.63, 3.8) is 0 Å². The maximum absolute atomic E-state index is 13.2. The Morgan fingerprint density at radius 3 is 2.55 bits per heavy atom. The van der Waals surface area contributed by atoms with Gasteiger partial charge in [-0.3, -0.25) is 4.98 Å². The van der Waals surface area contributed by atoms with Crippen molar-refractivity contribution < 1.29 is 8.78 Å². The van der Waals surface area contributed by atoms with Crippen molar-refractivity contribution >= 4 is 11.3 Å². The quantitative estimate of drug-likeness (QED) is 0.829. The molecular weight excluding hydrogens is 304 g/mol. The van der Waals surface area contributed by atoms with E-state index in [4.69, 9.17) is 0 Å². The van der Waals surface area contributed by atoms with Gasteiger partial charge in [0.05, 0.1) is 17.6 Å². The molecule has 6 heteroatoms. The van der Waals surface area contributed by atoms with Crippen molar-refractivity contribution in [2.75, 3.05) is 0 Å². The number of hydrogen-bond donors (Lipinski definition) is 0. The highest BCUT2D eigenvalue weighted by Gasteiger charge is 2.35. The van der Waals surface area contributed by atoms with Crippen molar-refractivity contribution in [1.29, 1.82) is 0 Å². The molecule has 2 aromatic heterocycles. The molecule has 3 rings (SSSR count). The Kier molecular flexibility index (Phi) is 4.21. The number of alkyl halides is 2. The number of aryl methyl sites for hydroxylation is 2. The largest absolute Gasteiger partial charge is 0.257 e. The minimum Gasteiger partial charge on any atom is -0.257 e. The van der Waals surface area contributed by atoms with E-state index in [1.165, 1.54) is 0 Å². The van der Waals surface area contributed by atoms with Gasteiger partial charge in [-0.25, -0.2) is 18.7 Å². The van der Waals surface area contributed by atoms with E-state index in [2.05, 4.69) is 15.0 Å². The van der Waals surface area contributed by atoms with Crippen LogP contribution < -0.4 is 0 Å². The van der Waals surface area contributed by atoms with Crippen molar-refractivity contribution in [2.45, 2.75) is 51.9 Å². The zero-order valence-electron chi connectivity index (χ0n) is 12.8. The molecule has 0 amide bonds. The summed E-state index contributed by atoms with van der Waals surface area (Å²) >= 11 is 1.56. The van der Waals surface area contributed by atoms with Crippen LogP contribution in [-0.2, 0) is 6.42 Å². The summed E-state index contributed by atoms with van der Waals surface area (Å²) in [6.45, 7) is 3.89. The van der Waals surface area contributed by atoms with E-state index < -0.39 is 5.92 Å². The molecule has 0 saturated heterocycles. The molecule has 0 N–H and O–H groups in total. The number of thiazole rings is 1. The lowest BCUT2D eigenvalue weighted by atomic mass is 9.84. The summed E-state index contributed by atoms with van der Waals surface area (Å²) in [5.74, 6) is -2.18. The average Bonchev–Trinajstić information content (AvgIpc) is 2.90. The molecule has 0 radical (unpaired) electrons. The van der Waals surface area contributed by atoms with Gasteiger partial charge in [0.15, 0.2) is 0 Å². The maximum atomic E-state index is 13.2. The van der Waals surface area contributed by atoms with Gasteiger partial charge in [0.25, 0.3) is 0 Å². The molecule has 118 valence electrons. The van der Waals surface area contributed by atoms with Gasteiger partial charge in [0.2, 0.25) is 5.92 Å². The van der Waals surface area contributed by atoms with Gasteiger partial charge < -0.3 is 0 Å². The van der Waals surface area contributed by atoms with E-state index in [0.717, 1.165) is 34.2 Å². The zero-order valence-corrected chi connectivity index (χ0v) is 13.6. The Bertz CT molecular complexity index is 659. The summed E-state index contributed by atoms with van der Waals surface area (Å²) < 4.78 is 26.4. The van der Waals surface area contributed by atoms with Crippen LogP contribution in [0.2, 0.25) is 0 Å². The van der Waals surface area contributed by atoms with Crippen LogP contribution in [0.25, 0.3) is 10.7 Å². The predicted molar refractivity (Wildman–Crippen MR) is 83.2 cm³/mol. The maximum Gasteiger partial charge on any atom is 0.248 e. The van der Waals surface area contributed by atoms with Gasteiger partial charge in [-0.15, -0.1) is 11.3 Å². The van der Waals surface area contributed by atoms with Gasteiger partial charge in [-0.2, -0.15) is 0 Å². The first-order valence-corrected chi connectivity index (χ1v) is 8.44. The molecule has 0 spiro atoms. The van der Waals surface area contributed by atoms with Crippen LogP contribution in [0.1, 0.15) is 42.8 Å².